The zero-order chi connectivity index (χ0) is 19.8. The molecule has 0 saturated heterocycles. The van der Waals surface area contributed by atoms with Gasteiger partial charge in [-0.3, -0.25) is 4.99 Å². The second-order valence-electron chi connectivity index (χ2n) is 6.73. The number of aliphatic imine (C=N–C) groups is 1. The zero-order valence-electron chi connectivity index (χ0n) is 17.0. The summed E-state index contributed by atoms with van der Waals surface area (Å²) in [7, 11) is 1.63. The summed E-state index contributed by atoms with van der Waals surface area (Å²) in [6.45, 7) is 4.63. The molecule has 1 unspecified atom stereocenters. The van der Waals surface area contributed by atoms with Crippen LogP contribution in [0.15, 0.2) is 47.5 Å². The highest BCUT2D eigenvalue weighted by atomic mass is 127. The summed E-state index contributed by atoms with van der Waals surface area (Å²) >= 11 is 0. The van der Waals surface area contributed by atoms with Crippen LogP contribution >= 0.6 is 24.0 Å². The minimum Gasteiger partial charge on any atom is -0.497 e. The van der Waals surface area contributed by atoms with Crippen molar-refractivity contribution in [3.05, 3.63) is 59.2 Å². The van der Waals surface area contributed by atoms with Gasteiger partial charge < -0.3 is 25.2 Å². The highest BCUT2D eigenvalue weighted by Crippen LogP contribution is 2.25. The molecule has 0 radical (unpaired) electrons. The van der Waals surface area contributed by atoms with Gasteiger partial charge in [-0.1, -0.05) is 24.3 Å². The van der Waals surface area contributed by atoms with Gasteiger partial charge >= 0.3 is 0 Å². The molecule has 1 aliphatic heterocycles. The molecule has 1 heterocycles. The van der Waals surface area contributed by atoms with E-state index in [2.05, 4.69) is 33.8 Å². The number of ether oxygens (including phenoxy) is 2. The van der Waals surface area contributed by atoms with Crippen LogP contribution in [0, 0.1) is 0 Å². The van der Waals surface area contributed by atoms with Crippen molar-refractivity contribution in [3.8, 4) is 11.5 Å². The van der Waals surface area contributed by atoms with Crippen molar-refractivity contribution in [1.29, 1.82) is 0 Å². The molecule has 7 heteroatoms. The number of benzene rings is 2. The molecule has 6 nitrogen and oxygen atoms in total. The predicted molar refractivity (Wildman–Crippen MR) is 127 cm³/mol. The van der Waals surface area contributed by atoms with Crippen molar-refractivity contribution in [1.82, 2.24) is 10.6 Å². The Morgan fingerprint density at radius 1 is 1.21 bits per heavy atom. The van der Waals surface area contributed by atoms with Gasteiger partial charge in [0.1, 0.15) is 11.5 Å². The minimum absolute atomic E-state index is 0. The maximum Gasteiger partial charge on any atom is 0.191 e. The molecule has 0 amide bonds. The maximum atomic E-state index is 10.4. The Kier molecular flexibility index (Phi) is 9.53. The molecule has 158 valence electrons. The van der Waals surface area contributed by atoms with Gasteiger partial charge in [0.25, 0.3) is 0 Å². The van der Waals surface area contributed by atoms with Gasteiger partial charge in [0.2, 0.25) is 0 Å². The van der Waals surface area contributed by atoms with Crippen LogP contribution in [0.2, 0.25) is 0 Å². The molecule has 0 fully saturated rings. The molecule has 0 aromatic heterocycles. The van der Waals surface area contributed by atoms with E-state index in [-0.39, 0.29) is 30.5 Å². The first kappa shape index (κ1) is 23.3. The van der Waals surface area contributed by atoms with Crippen molar-refractivity contribution >= 4 is 29.9 Å². The number of rotatable bonds is 8. The predicted octanol–water partition coefficient (Wildman–Crippen LogP) is 3.08. The van der Waals surface area contributed by atoms with E-state index in [1.165, 1.54) is 11.1 Å². The number of nitrogens with one attached hydrogen (secondary N) is 2. The first-order valence-corrected chi connectivity index (χ1v) is 9.78. The largest absolute Gasteiger partial charge is 0.497 e. The molecular formula is C22H30IN3O3. The van der Waals surface area contributed by atoms with Crippen molar-refractivity contribution in [3.63, 3.8) is 0 Å². The number of halogens is 1. The summed E-state index contributed by atoms with van der Waals surface area (Å²) in [6.07, 6.45) is 1.24. The first-order chi connectivity index (χ1) is 13.7. The van der Waals surface area contributed by atoms with Crippen LogP contribution in [-0.2, 0) is 12.8 Å². The van der Waals surface area contributed by atoms with E-state index in [0.29, 0.717) is 5.96 Å². The molecular weight excluding hydrogens is 481 g/mol. The average molecular weight is 511 g/mol. The zero-order valence-corrected chi connectivity index (χ0v) is 19.3. The molecule has 0 spiro atoms. The number of methoxy groups -OCH3 is 1. The van der Waals surface area contributed by atoms with E-state index >= 15 is 0 Å². The molecule has 3 rings (SSSR count). The van der Waals surface area contributed by atoms with Crippen LogP contribution < -0.4 is 20.1 Å². The Morgan fingerprint density at radius 3 is 2.72 bits per heavy atom. The van der Waals surface area contributed by atoms with E-state index in [0.717, 1.165) is 49.6 Å². The number of fused-ring (bicyclic) bond motifs is 1. The van der Waals surface area contributed by atoms with Crippen LogP contribution in [0.3, 0.4) is 0 Å². The standard InChI is InChI=1S/C22H29N3O3.HI/c1-3-23-22(25-15-20(26)17-5-7-19(27-2)8-6-17)24-12-10-16-4-9-21-18(14-16)11-13-28-21;/h4-9,14,20,26H,3,10-13,15H2,1-2H3,(H2,23,24,25);1H. The van der Waals surface area contributed by atoms with E-state index in [4.69, 9.17) is 9.47 Å². The normalized spacial score (nSPS) is 13.7. The summed E-state index contributed by atoms with van der Waals surface area (Å²) in [5, 5.41) is 16.9. The first-order valence-electron chi connectivity index (χ1n) is 9.78. The molecule has 0 aliphatic carbocycles. The van der Waals surface area contributed by atoms with Gasteiger partial charge in [-0.25, -0.2) is 0 Å². The molecule has 0 bridgehead atoms. The smallest absolute Gasteiger partial charge is 0.191 e. The van der Waals surface area contributed by atoms with Crippen molar-refractivity contribution < 1.29 is 14.6 Å². The van der Waals surface area contributed by atoms with Crippen LogP contribution in [-0.4, -0.2) is 44.4 Å². The Labute approximate surface area is 189 Å². The summed E-state index contributed by atoms with van der Waals surface area (Å²) in [4.78, 5) is 4.51. The van der Waals surface area contributed by atoms with Crippen molar-refractivity contribution in [2.45, 2.75) is 25.9 Å². The minimum atomic E-state index is -0.655. The fourth-order valence-corrected chi connectivity index (χ4v) is 3.17. The fourth-order valence-electron chi connectivity index (χ4n) is 3.17. The number of hydrogen-bond donors (Lipinski definition) is 3. The molecule has 2 aromatic rings. The fraction of sp³-hybridized carbons (Fsp3) is 0.409. The Bertz CT molecular complexity index is 796. The van der Waals surface area contributed by atoms with Gasteiger partial charge in [-0.15, -0.1) is 24.0 Å². The van der Waals surface area contributed by atoms with Gasteiger partial charge in [-0.2, -0.15) is 0 Å². The third-order valence-corrected chi connectivity index (χ3v) is 4.73. The molecule has 2 aromatic carbocycles. The third kappa shape index (κ3) is 6.78. The Morgan fingerprint density at radius 2 is 2.00 bits per heavy atom. The van der Waals surface area contributed by atoms with Crippen LogP contribution in [0.5, 0.6) is 11.5 Å². The van der Waals surface area contributed by atoms with Gasteiger partial charge in [0, 0.05) is 19.5 Å². The van der Waals surface area contributed by atoms with Crippen molar-refractivity contribution in [2.75, 3.05) is 33.4 Å². The lowest BCUT2D eigenvalue weighted by atomic mass is 10.1. The number of hydrogen-bond acceptors (Lipinski definition) is 4. The summed E-state index contributed by atoms with van der Waals surface area (Å²) < 4.78 is 10.7. The molecule has 0 saturated carbocycles. The van der Waals surface area contributed by atoms with Gasteiger partial charge in [-0.05, 0) is 48.2 Å². The van der Waals surface area contributed by atoms with E-state index in [9.17, 15) is 5.11 Å². The van der Waals surface area contributed by atoms with Gasteiger partial charge in [0.05, 0.1) is 26.4 Å². The van der Waals surface area contributed by atoms with E-state index in [1.807, 2.05) is 31.2 Å². The number of aliphatic hydroxyl groups excluding tert-OH is 1. The maximum absolute atomic E-state index is 10.4. The lowest BCUT2D eigenvalue weighted by Crippen LogP contribution is -2.38. The highest BCUT2D eigenvalue weighted by Gasteiger charge is 2.12. The quantitative estimate of drug-likeness (QED) is 0.289. The Hall–Kier alpha value is -2.00. The third-order valence-electron chi connectivity index (χ3n) is 4.73. The van der Waals surface area contributed by atoms with E-state index in [1.54, 1.807) is 7.11 Å². The second-order valence-corrected chi connectivity index (χ2v) is 6.73. The summed E-state index contributed by atoms with van der Waals surface area (Å²) in [5.74, 6) is 2.49. The average Bonchev–Trinajstić information content (AvgIpc) is 3.19. The van der Waals surface area contributed by atoms with Crippen molar-refractivity contribution in [2.24, 2.45) is 4.99 Å². The lowest BCUT2D eigenvalue weighted by Gasteiger charge is -2.14. The second kappa shape index (κ2) is 11.9. The SMILES string of the molecule is CCNC(=NCC(O)c1ccc(OC)cc1)NCCc1ccc2c(c1)CCO2.I. The topological polar surface area (TPSA) is 75.1 Å². The van der Waals surface area contributed by atoms with E-state index < -0.39 is 6.10 Å². The van der Waals surface area contributed by atoms with Crippen LogP contribution in [0.25, 0.3) is 0 Å². The summed E-state index contributed by atoms with van der Waals surface area (Å²) in [5.41, 5.74) is 3.40. The lowest BCUT2D eigenvalue weighted by molar-refractivity contribution is 0.187. The number of guanidine groups is 1. The molecule has 1 aliphatic rings. The molecule has 29 heavy (non-hydrogen) atoms. The molecule has 3 N–H and O–H groups in total. The van der Waals surface area contributed by atoms with Crippen LogP contribution in [0.4, 0.5) is 0 Å². The number of nitrogens with zero attached hydrogens (tertiary/aromatic N) is 1. The summed E-state index contributed by atoms with van der Waals surface area (Å²) in [6, 6.07) is 13.8. The number of aliphatic hydroxyl groups is 1. The van der Waals surface area contributed by atoms with Crippen LogP contribution in [0.1, 0.15) is 29.7 Å². The highest BCUT2D eigenvalue weighted by molar-refractivity contribution is 14.0. The van der Waals surface area contributed by atoms with Gasteiger partial charge in [0.15, 0.2) is 5.96 Å². The monoisotopic (exact) mass is 511 g/mol. The Balaban J connectivity index is 0.00000300. The molecule has 1 atom stereocenters.